The average molecular weight is 521 g/mol. The standard InChI is InChI=1S/C20H27N9O8/c21-11(1-9-5-23-7-25-9)17(33)27-12(3-15(22)30)18(34)28-13(4-16(31)32)19(35)29-14(20(36)37)2-10-6-24-8-26-10/h5-8,11-14H,1-4,21H2,(H2,22,30)(H,23,25)(H,24,26)(H,27,33)(H,28,34)(H,29,35)(H,31,32)(H,36,37). The van der Waals surface area contributed by atoms with E-state index in [-0.39, 0.29) is 12.8 Å². The smallest absolute Gasteiger partial charge is 0.326 e. The van der Waals surface area contributed by atoms with Gasteiger partial charge in [-0.25, -0.2) is 14.8 Å². The van der Waals surface area contributed by atoms with Crippen LogP contribution < -0.4 is 27.4 Å². The number of carboxylic acids is 2. The van der Waals surface area contributed by atoms with E-state index in [0.29, 0.717) is 11.4 Å². The zero-order valence-corrected chi connectivity index (χ0v) is 19.3. The number of carboxylic acid groups (broad SMARTS) is 2. The second kappa shape index (κ2) is 13.3. The number of carbonyl (C=O) groups is 6. The second-order valence-corrected chi connectivity index (χ2v) is 7.96. The number of aliphatic carboxylic acids is 2. The number of rotatable bonds is 15. The zero-order chi connectivity index (χ0) is 27.5. The average Bonchev–Trinajstić information content (AvgIpc) is 3.51. The van der Waals surface area contributed by atoms with Gasteiger partial charge in [0.2, 0.25) is 23.6 Å². The normalized spacial score (nSPS) is 14.0. The summed E-state index contributed by atoms with van der Waals surface area (Å²) in [7, 11) is 0. The third-order valence-corrected chi connectivity index (χ3v) is 4.97. The summed E-state index contributed by atoms with van der Waals surface area (Å²) in [4.78, 5) is 85.4. The lowest BCUT2D eigenvalue weighted by Crippen LogP contribution is -2.58. The number of aromatic nitrogens is 4. The van der Waals surface area contributed by atoms with Gasteiger partial charge in [-0.05, 0) is 0 Å². The molecule has 0 saturated carbocycles. The van der Waals surface area contributed by atoms with Crippen LogP contribution >= 0.6 is 0 Å². The molecule has 0 spiro atoms. The van der Waals surface area contributed by atoms with Crippen LogP contribution in [0.15, 0.2) is 25.0 Å². The Morgan fingerprint density at radius 1 is 0.784 bits per heavy atom. The number of primary amides is 1. The van der Waals surface area contributed by atoms with Crippen molar-refractivity contribution in [1.82, 2.24) is 35.9 Å². The molecule has 4 amide bonds. The van der Waals surface area contributed by atoms with E-state index in [1.165, 1.54) is 25.0 Å². The Morgan fingerprint density at radius 3 is 1.73 bits per heavy atom. The molecule has 0 radical (unpaired) electrons. The first-order valence-corrected chi connectivity index (χ1v) is 10.8. The van der Waals surface area contributed by atoms with Gasteiger partial charge in [0.15, 0.2) is 0 Å². The number of amides is 4. The number of aromatic amines is 2. The van der Waals surface area contributed by atoms with E-state index < -0.39 is 72.6 Å². The Morgan fingerprint density at radius 2 is 1.27 bits per heavy atom. The predicted molar refractivity (Wildman–Crippen MR) is 122 cm³/mol. The summed E-state index contributed by atoms with van der Waals surface area (Å²) in [6, 6.07) is -5.98. The molecule has 2 rings (SSSR count). The van der Waals surface area contributed by atoms with Crippen molar-refractivity contribution in [2.45, 2.75) is 49.9 Å². The Balaban J connectivity index is 2.11. The maximum absolute atomic E-state index is 12.8. The molecule has 11 N–H and O–H groups in total. The molecule has 0 aliphatic heterocycles. The van der Waals surface area contributed by atoms with Crippen LogP contribution in [-0.4, -0.2) is 89.9 Å². The molecular weight excluding hydrogens is 494 g/mol. The highest BCUT2D eigenvalue weighted by molar-refractivity contribution is 5.97. The fourth-order valence-electron chi connectivity index (χ4n) is 3.16. The SMILES string of the molecule is NC(=O)CC(NC(=O)C(N)Cc1cnc[nH]1)C(=O)NC(CC(=O)O)C(=O)NC(Cc1cnc[nH]1)C(=O)O. The van der Waals surface area contributed by atoms with Crippen molar-refractivity contribution in [2.24, 2.45) is 11.5 Å². The third kappa shape index (κ3) is 9.40. The van der Waals surface area contributed by atoms with Crippen LogP contribution in [-0.2, 0) is 41.6 Å². The van der Waals surface area contributed by atoms with Gasteiger partial charge in [-0.1, -0.05) is 0 Å². The molecule has 0 bridgehead atoms. The highest BCUT2D eigenvalue weighted by atomic mass is 16.4. The molecule has 37 heavy (non-hydrogen) atoms. The van der Waals surface area contributed by atoms with Crippen LogP contribution in [0.1, 0.15) is 24.2 Å². The number of carbonyl (C=O) groups excluding carboxylic acids is 4. The highest BCUT2D eigenvalue weighted by Gasteiger charge is 2.32. The summed E-state index contributed by atoms with van der Waals surface area (Å²) < 4.78 is 0. The van der Waals surface area contributed by atoms with E-state index in [2.05, 4.69) is 35.9 Å². The molecule has 4 atom stereocenters. The fraction of sp³-hybridized carbons (Fsp3) is 0.400. The van der Waals surface area contributed by atoms with Crippen molar-refractivity contribution in [3.8, 4) is 0 Å². The topological polar surface area (TPSA) is 288 Å². The molecule has 200 valence electrons. The van der Waals surface area contributed by atoms with Gasteiger partial charge in [-0.2, -0.15) is 0 Å². The molecule has 0 saturated heterocycles. The van der Waals surface area contributed by atoms with Crippen LogP contribution in [0.5, 0.6) is 0 Å². The number of nitrogens with one attached hydrogen (secondary N) is 5. The first-order valence-electron chi connectivity index (χ1n) is 10.8. The first kappa shape index (κ1) is 28.4. The van der Waals surface area contributed by atoms with Gasteiger partial charge in [0, 0.05) is 36.6 Å². The van der Waals surface area contributed by atoms with Gasteiger partial charge in [0.1, 0.15) is 18.1 Å². The van der Waals surface area contributed by atoms with E-state index >= 15 is 0 Å². The lowest BCUT2D eigenvalue weighted by molar-refractivity contribution is -0.143. The van der Waals surface area contributed by atoms with Gasteiger partial charge in [-0.3, -0.25) is 24.0 Å². The van der Waals surface area contributed by atoms with E-state index in [9.17, 15) is 39.0 Å². The summed E-state index contributed by atoms with van der Waals surface area (Å²) in [6.07, 6.45) is 3.66. The minimum absolute atomic E-state index is 0.0215. The fourth-order valence-corrected chi connectivity index (χ4v) is 3.16. The molecule has 0 aliphatic rings. The summed E-state index contributed by atoms with van der Waals surface area (Å²) in [5.74, 6) is -6.95. The van der Waals surface area contributed by atoms with E-state index in [1.807, 2.05) is 0 Å². The molecule has 0 fully saturated rings. The number of imidazole rings is 2. The summed E-state index contributed by atoms with van der Waals surface area (Å²) in [5.41, 5.74) is 11.9. The molecule has 17 nitrogen and oxygen atoms in total. The Bertz CT molecular complexity index is 1100. The lowest BCUT2D eigenvalue weighted by atomic mass is 10.1. The van der Waals surface area contributed by atoms with Crippen molar-refractivity contribution in [1.29, 1.82) is 0 Å². The number of hydrogen-bond donors (Lipinski definition) is 9. The minimum Gasteiger partial charge on any atom is -0.481 e. The van der Waals surface area contributed by atoms with E-state index in [1.54, 1.807) is 0 Å². The number of nitrogens with zero attached hydrogens (tertiary/aromatic N) is 2. The molecule has 4 unspecified atom stereocenters. The molecule has 2 aromatic rings. The van der Waals surface area contributed by atoms with Crippen molar-refractivity contribution >= 4 is 35.6 Å². The van der Waals surface area contributed by atoms with Gasteiger partial charge in [-0.15, -0.1) is 0 Å². The maximum Gasteiger partial charge on any atom is 0.326 e. The van der Waals surface area contributed by atoms with Gasteiger partial charge >= 0.3 is 11.9 Å². The van der Waals surface area contributed by atoms with Crippen molar-refractivity contribution < 1.29 is 39.0 Å². The van der Waals surface area contributed by atoms with Gasteiger partial charge in [0.05, 0.1) is 31.5 Å². The largest absolute Gasteiger partial charge is 0.481 e. The van der Waals surface area contributed by atoms with Gasteiger partial charge in [0.25, 0.3) is 0 Å². The highest BCUT2D eigenvalue weighted by Crippen LogP contribution is 2.04. The van der Waals surface area contributed by atoms with Crippen LogP contribution in [0, 0.1) is 0 Å². The second-order valence-electron chi connectivity index (χ2n) is 7.96. The molecule has 2 aromatic heterocycles. The molecule has 17 heteroatoms. The summed E-state index contributed by atoms with van der Waals surface area (Å²) in [6.45, 7) is 0. The van der Waals surface area contributed by atoms with Crippen molar-refractivity contribution in [3.63, 3.8) is 0 Å². The summed E-state index contributed by atoms with van der Waals surface area (Å²) >= 11 is 0. The number of H-pyrrole nitrogens is 2. The van der Waals surface area contributed by atoms with Crippen LogP contribution in [0.2, 0.25) is 0 Å². The molecule has 0 aromatic carbocycles. The third-order valence-electron chi connectivity index (χ3n) is 4.97. The lowest BCUT2D eigenvalue weighted by Gasteiger charge is -2.24. The Kier molecular flexibility index (Phi) is 10.2. The molecular formula is C20H27N9O8. The summed E-state index contributed by atoms with van der Waals surface area (Å²) in [5, 5.41) is 25.1. The quantitative estimate of drug-likeness (QED) is 0.109. The zero-order valence-electron chi connectivity index (χ0n) is 19.3. The Labute approximate surface area is 208 Å². The minimum atomic E-state index is -1.75. The number of nitrogens with two attached hydrogens (primary N) is 2. The maximum atomic E-state index is 12.8. The van der Waals surface area contributed by atoms with E-state index in [4.69, 9.17) is 11.5 Å². The predicted octanol–water partition coefficient (Wildman–Crippen LogP) is -3.87. The van der Waals surface area contributed by atoms with Crippen LogP contribution in [0.3, 0.4) is 0 Å². The first-order chi connectivity index (χ1) is 17.5. The molecule has 2 heterocycles. The van der Waals surface area contributed by atoms with Crippen molar-refractivity contribution in [3.05, 3.63) is 36.4 Å². The van der Waals surface area contributed by atoms with Crippen molar-refractivity contribution in [2.75, 3.05) is 0 Å². The van der Waals surface area contributed by atoms with Gasteiger partial charge < -0.3 is 47.6 Å². The molecule has 0 aliphatic carbocycles. The van der Waals surface area contributed by atoms with Crippen LogP contribution in [0.25, 0.3) is 0 Å². The van der Waals surface area contributed by atoms with Crippen LogP contribution in [0.4, 0.5) is 0 Å². The Hall–Kier alpha value is -4.80. The number of hydrogen-bond acceptors (Lipinski definition) is 9. The monoisotopic (exact) mass is 521 g/mol. The van der Waals surface area contributed by atoms with E-state index in [0.717, 1.165) is 0 Å².